The van der Waals surface area contributed by atoms with E-state index in [2.05, 4.69) is 34.6 Å². The molecule has 3 fully saturated rings. The minimum atomic E-state index is 0.0759. The van der Waals surface area contributed by atoms with Gasteiger partial charge in [-0.3, -0.25) is 0 Å². The van der Waals surface area contributed by atoms with Crippen LogP contribution >= 0.6 is 0 Å². The van der Waals surface area contributed by atoms with Crippen LogP contribution < -0.4 is 0 Å². The minimum absolute atomic E-state index is 0.0759. The van der Waals surface area contributed by atoms with Gasteiger partial charge in [0.25, 0.3) is 0 Å². The SMILES string of the molecule is CC1C[C@]2(C)CC[C@@]1(C)OC2(C)C. The molecule has 2 bridgehead atoms. The van der Waals surface area contributed by atoms with Gasteiger partial charge in [-0.05, 0) is 51.4 Å². The Balaban J connectivity index is 2.36. The first kappa shape index (κ1) is 9.51. The molecule has 2 heterocycles. The second kappa shape index (κ2) is 2.31. The lowest BCUT2D eigenvalue weighted by Crippen LogP contribution is -2.63. The normalized spacial score (nSPS) is 53.8. The summed E-state index contributed by atoms with van der Waals surface area (Å²) >= 11 is 0. The van der Waals surface area contributed by atoms with Crippen LogP contribution in [0.15, 0.2) is 0 Å². The molecule has 0 radical (unpaired) electrons. The largest absolute Gasteiger partial charge is 0.369 e. The molecule has 3 atom stereocenters. The fraction of sp³-hybridized carbons (Fsp3) is 1.00. The third kappa shape index (κ3) is 1.09. The van der Waals surface area contributed by atoms with Gasteiger partial charge in [-0.2, -0.15) is 0 Å². The molecule has 2 aliphatic heterocycles. The summed E-state index contributed by atoms with van der Waals surface area (Å²) in [6, 6.07) is 0. The van der Waals surface area contributed by atoms with Crippen molar-refractivity contribution in [3.63, 3.8) is 0 Å². The van der Waals surface area contributed by atoms with Gasteiger partial charge in [0, 0.05) is 0 Å². The predicted octanol–water partition coefficient (Wildman–Crippen LogP) is 3.38. The van der Waals surface area contributed by atoms with Gasteiger partial charge in [0.05, 0.1) is 11.2 Å². The average molecular weight is 182 g/mol. The van der Waals surface area contributed by atoms with Crippen molar-refractivity contribution in [3.05, 3.63) is 0 Å². The summed E-state index contributed by atoms with van der Waals surface area (Å²) in [5, 5.41) is 0. The van der Waals surface area contributed by atoms with Crippen LogP contribution in [0.5, 0.6) is 0 Å². The maximum absolute atomic E-state index is 6.28. The van der Waals surface area contributed by atoms with Crippen molar-refractivity contribution in [2.75, 3.05) is 0 Å². The molecule has 0 spiro atoms. The van der Waals surface area contributed by atoms with Crippen molar-refractivity contribution in [2.45, 2.75) is 65.1 Å². The van der Waals surface area contributed by atoms with Gasteiger partial charge < -0.3 is 4.74 Å². The molecule has 76 valence electrons. The molecule has 1 unspecified atom stereocenters. The summed E-state index contributed by atoms with van der Waals surface area (Å²) in [5.41, 5.74) is 0.637. The van der Waals surface area contributed by atoms with Crippen molar-refractivity contribution in [1.82, 2.24) is 0 Å². The third-order valence-electron chi connectivity index (χ3n) is 4.91. The topological polar surface area (TPSA) is 9.23 Å². The molecule has 0 aromatic heterocycles. The monoisotopic (exact) mass is 182 g/mol. The van der Waals surface area contributed by atoms with Crippen LogP contribution in [0.2, 0.25) is 0 Å². The molecule has 0 aromatic carbocycles. The highest BCUT2D eigenvalue weighted by molar-refractivity contribution is 5.07. The summed E-state index contributed by atoms with van der Waals surface area (Å²) in [6.45, 7) is 11.5. The van der Waals surface area contributed by atoms with Gasteiger partial charge >= 0.3 is 0 Å². The number of rotatable bonds is 0. The summed E-state index contributed by atoms with van der Waals surface area (Å²) in [7, 11) is 0. The Bertz CT molecular complexity index is 231. The molecular formula is C12H22O. The Morgan fingerprint density at radius 1 is 1.08 bits per heavy atom. The number of hydrogen-bond donors (Lipinski definition) is 0. The van der Waals surface area contributed by atoms with E-state index in [1.807, 2.05) is 0 Å². The number of hydrogen-bond acceptors (Lipinski definition) is 1. The van der Waals surface area contributed by atoms with Crippen LogP contribution in [0.1, 0.15) is 53.9 Å². The van der Waals surface area contributed by atoms with E-state index in [-0.39, 0.29) is 11.2 Å². The second-order valence-corrected chi connectivity index (χ2v) is 6.09. The maximum atomic E-state index is 6.28. The Labute approximate surface area is 81.9 Å². The Kier molecular flexibility index (Phi) is 1.69. The van der Waals surface area contributed by atoms with Crippen LogP contribution in [0.25, 0.3) is 0 Å². The minimum Gasteiger partial charge on any atom is -0.369 e. The molecule has 1 heteroatoms. The Morgan fingerprint density at radius 2 is 1.69 bits per heavy atom. The molecular weight excluding hydrogens is 160 g/mol. The third-order valence-corrected chi connectivity index (χ3v) is 4.91. The second-order valence-electron chi connectivity index (χ2n) is 6.09. The van der Waals surface area contributed by atoms with Crippen molar-refractivity contribution in [1.29, 1.82) is 0 Å². The Morgan fingerprint density at radius 3 is 2.08 bits per heavy atom. The lowest BCUT2D eigenvalue weighted by atomic mass is 9.55. The molecule has 0 aromatic rings. The molecule has 1 saturated carbocycles. The van der Waals surface area contributed by atoms with Gasteiger partial charge in [0.1, 0.15) is 0 Å². The van der Waals surface area contributed by atoms with Crippen molar-refractivity contribution >= 4 is 0 Å². The van der Waals surface area contributed by atoms with E-state index < -0.39 is 0 Å². The molecule has 0 amide bonds. The standard InChI is InChI=1S/C12H22O/c1-9-8-11(4)6-7-12(9,5)13-10(11,2)3/h9H,6-8H2,1-5H3/t9?,11-,12+/m0/s1. The van der Waals surface area contributed by atoms with E-state index in [1.54, 1.807) is 0 Å². The van der Waals surface area contributed by atoms with Gasteiger partial charge in [-0.25, -0.2) is 0 Å². The first-order valence-corrected chi connectivity index (χ1v) is 5.49. The Hall–Kier alpha value is -0.0400. The highest BCUT2D eigenvalue weighted by Crippen LogP contribution is 2.59. The van der Waals surface area contributed by atoms with E-state index in [4.69, 9.17) is 4.74 Å². The van der Waals surface area contributed by atoms with Crippen LogP contribution in [0.3, 0.4) is 0 Å². The van der Waals surface area contributed by atoms with E-state index in [1.165, 1.54) is 19.3 Å². The van der Waals surface area contributed by atoms with Crippen molar-refractivity contribution in [2.24, 2.45) is 11.3 Å². The van der Waals surface area contributed by atoms with Gasteiger partial charge in [0.15, 0.2) is 0 Å². The average Bonchev–Trinajstić information content (AvgIpc) is 1.95. The van der Waals surface area contributed by atoms with Gasteiger partial charge in [-0.15, -0.1) is 0 Å². The number of fused-ring (bicyclic) bond motifs is 3. The first-order valence-electron chi connectivity index (χ1n) is 5.49. The molecule has 13 heavy (non-hydrogen) atoms. The zero-order chi connectivity index (χ0) is 9.91. The molecule has 1 aliphatic carbocycles. The smallest absolute Gasteiger partial charge is 0.0687 e. The van der Waals surface area contributed by atoms with Crippen LogP contribution in [0.4, 0.5) is 0 Å². The number of ether oxygens (including phenoxy) is 1. The van der Waals surface area contributed by atoms with Crippen molar-refractivity contribution < 1.29 is 4.74 Å². The molecule has 3 rings (SSSR count). The quantitative estimate of drug-likeness (QED) is 0.558. The van der Waals surface area contributed by atoms with Gasteiger partial charge in [0.2, 0.25) is 0 Å². The fourth-order valence-electron chi connectivity index (χ4n) is 3.17. The highest BCUT2D eigenvalue weighted by atomic mass is 16.5. The molecule has 0 N–H and O–H groups in total. The van der Waals surface area contributed by atoms with Crippen LogP contribution in [0, 0.1) is 11.3 Å². The molecule has 1 nitrogen and oxygen atoms in total. The lowest BCUT2D eigenvalue weighted by molar-refractivity contribution is -0.288. The first-order chi connectivity index (χ1) is 5.79. The van der Waals surface area contributed by atoms with E-state index in [9.17, 15) is 0 Å². The molecule has 3 aliphatic rings. The zero-order valence-corrected chi connectivity index (χ0v) is 9.61. The van der Waals surface area contributed by atoms with Crippen LogP contribution in [-0.2, 0) is 4.74 Å². The summed E-state index contributed by atoms with van der Waals surface area (Å²) in [4.78, 5) is 0. The maximum Gasteiger partial charge on any atom is 0.0687 e. The van der Waals surface area contributed by atoms with E-state index in [0.717, 1.165) is 5.92 Å². The van der Waals surface area contributed by atoms with E-state index in [0.29, 0.717) is 5.41 Å². The van der Waals surface area contributed by atoms with Crippen LogP contribution in [-0.4, -0.2) is 11.2 Å². The predicted molar refractivity (Wildman–Crippen MR) is 54.7 cm³/mol. The zero-order valence-electron chi connectivity index (χ0n) is 9.61. The van der Waals surface area contributed by atoms with Crippen molar-refractivity contribution in [3.8, 4) is 0 Å². The summed E-state index contributed by atoms with van der Waals surface area (Å²) in [6.07, 6.45) is 3.91. The summed E-state index contributed by atoms with van der Waals surface area (Å²) in [5.74, 6) is 0.722. The van der Waals surface area contributed by atoms with Gasteiger partial charge in [-0.1, -0.05) is 13.8 Å². The van der Waals surface area contributed by atoms with E-state index >= 15 is 0 Å². The lowest BCUT2D eigenvalue weighted by Gasteiger charge is -2.62. The highest BCUT2D eigenvalue weighted by Gasteiger charge is 2.58. The molecule has 2 saturated heterocycles. The fourth-order valence-corrected chi connectivity index (χ4v) is 3.17. The summed E-state index contributed by atoms with van der Waals surface area (Å²) < 4.78 is 6.28.